The fourth-order valence-electron chi connectivity index (χ4n) is 1.98. The van der Waals surface area contributed by atoms with Gasteiger partial charge < -0.3 is 9.30 Å². The molecule has 0 unspecified atom stereocenters. The van der Waals surface area contributed by atoms with Gasteiger partial charge in [-0.3, -0.25) is 10.1 Å². The third kappa shape index (κ3) is 3.25. The van der Waals surface area contributed by atoms with Crippen LogP contribution in [-0.2, 0) is 11.3 Å². The molecule has 1 aromatic heterocycles. The van der Waals surface area contributed by atoms with E-state index in [1.807, 2.05) is 0 Å². The van der Waals surface area contributed by atoms with E-state index in [0.29, 0.717) is 0 Å². The highest BCUT2D eigenvalue weighted by Gasteiger charge is 2.18. The lowest BCUT2D eigenvalue weighted by atomic mass is 10.1. The molecule has 0 spiro atoms. The number of carbonyl (C=O) groups is 1. The van der Waals surface area contributed by atoms with Gasteiger partial charge in [0.25, 0.3) is 5.69 Å². The van der Waals surface area contributed by atoms with E-state index in [1.165, 1.54) is 4.57 Å². The number of halogens is 1. The molecular formula is C14H13FN2O4. The van der Waals surface area contributed by atoms with E-state index in [2.05, 4.69) is 0 Å². The number of carbonyl (C=O) groups excluding carboxylic acids is 1. The predicted octanol–water partition coefficient (Wildman–Crippen LogP) is 2.76. The molecule has 0 aliphatic carbocycles. The zero-order chi connectivity index (χ0) is 15.4. The van der Waals surface area contributed by atoms with Crippen LogP contribution in [0, 0.1) is 15.9 Å². The Kier molecular flexibility index (Phi) is 4.32. The lowest BCUT2D eigenvalue weighted by molar-refractivity contribution is -0.385. The molecule has 2 aromatic rings. The number of ether oxygens (including phenoxy) is 1. The van der Waals surface area contributed by atoms with Gasteiger partial charge in [0, 0.05) is 12.3 Å². The van der Waals surface area contributed by atoms with E-state index in [-0.39, 0.29) is 30.1 Å². The first-order chi connectivity index (χ1) is 10.0. The maximum absolute atomic E-state index is 13.3. The molecule has 0 saturated heterocycles. The molecule has 0 fully saturated rings. The lowest BCUT2D eigenvalue weighted by Crippen LogP contribution is -2.13. The number of benzene rings is 1. The smallest absolute Gasteiger partial charge is 0.354 e. The Morgan fingerprint density at radius 3 is 2.86 bits per heavy atom. The standard InChI is InChI=1S/C14H13FN2O4/c1-2-21-14(18)13-4-3-7-16(13)9-10-8-11(15)5-6-12(10)17(19)20/h3-8H,2,9H2,1H3. The van der Waals surface area contributed by atoms with Gasteiger partial charge in [0.05, 0.1) is 23.6 Å². The molecule has 6 nitrogen and oxygen atoms in total. The third-order valence-electron chi connectivity index (χ3n) is 2.89. The number of esters is 1. The monoisotopic (exact) mass is 292 g/mol. The predicted molar refractivity (Wildman–Crippen MR) is 72.5 cm³/mol. The van der Waals surface area contributed by atoms with E-state index >= 15 is 0 Å². The summed E-state index contributed by atoms with van der Waals surface area (Å²) in [5, 5.41) is 11.0. The highest BCUT2D eigenvalue weighted by atomic mass is 19.1. The highest BCUT2D eigenvalue weighted by molar-refractivity contribution is 5.87. The van der Waals surface area contributed by atoms with E-state index in [4.69, 9.17) is 4.74 Å². The van der Waals surface area contributed by atoms with Gasteiger partial charge in [0.15, 0.2) is 0 Å². The number of nitro groups is 1. The van der Waals surface area contributed by atoms with Crippen molar-refractivity contribution >= 4 is 11.7 Å². The first-order valence-electron chi connectivity index (χ1n) is 6.28. The second kappa shape index (κ2) is 6.17. The van der Waals surface area contributed by atoms with Crippen LogP contribution in [-0.4, -0.2) is 22.1 Å². The van der Waals surface area contributed by atoms with Crippen LogP contribution in [0.1, 0.15) is 23.0 Å². The molecule has 0 saturated carbocycles. The van der Waals surface area contributed by atoms with Gasteiger partial charge in [0.1, 0.15) is 11.5 Å². The fourth-order valence-corrected chi connectivity index (χ4v) is 1.98. The van der Waals surface area contributed by atoms with Crippen molar-refractivity contribution in [3.8, 4) is 0 Å². The summed E-state index contributed by atoms with van der Waals surface area (Å²) in [5.74, 6) is -1.10. The molecule has 0 aliphatic rings. The Bertz CT molecular complexity index is 681. The Morgan fingerprint density at radius 1 is 1.43 bits per heavy atom. The summed E-state index contributed by atoms with van der Waals surface area (Å²) < 4.78 is 19.7. The molecule has 21 heavy (non-hydrogen) atoms. The van der Waals surface area contributed by atoms with Crippen LogP contribution in [0.4, 0.5) is 10.1 Å². The SMILES string of the molecule is CCOC(=O)c1cccn1Cc1cc(F)ccc1[N+](=O)[O-]. The molecule has 0 bridgehead atoms. The van der Waals surface area contributed by atoms with E-state index in [1.54, 1.807) is 25.3 Å². The van der Waals surface area contributed by atoms with Gasteiger partial charge in [-0.1, -0.05) is 0 Å². The first-order valence-corrected chi connectivity index (χ1v) is 6.28. The van der Waals surface area contributed by atoms with Crippen LogP contribution >= 0.6 is 0 Å². The van der Waals surface area contributed by atoms with Crippen molar-refractivity contribution in [1.82, 2.24) is 4.57 Å². The van der Waals surface area contributed by atoms with Gasteiger partial charge in [-0.05, 0) is 31.2 Å². The van der Waals surface area contributed by atoms with Crippen molar-refractivity contribution < 1.29 is 18.8 Å². The zero-order valence-electron chi connectivity index (χ0n) is 11.3. The molecule has 0 amide bonds. The van der Waals surface area contributed by atoms with Crippen LogP contribution < -0.4 is 0 Å². The number of aromatic nitrogens is 1. The van der Waals surface area contributed by atoms with Crippen molar-refractivity contribution in [2.75, 3.05) is 6.61 Å². The maximum atomic E-state index is 13.3. The second-order valence-electron chi connectivity index (χ2n) is 4.27. The normalized spacial score (nSPS) is 10.4. The summed E-state index contributed by atoms with van der Waals surface area (Å²) >= 11 is 0. The van der Waals surface area contributed by atoms with Crippen LogP contribution in [0.2, 0.25) is 0 Å². The van der Waals surface area contributed by atoms with Crippen LogP contribution in [0.3, 0.4) is 0 Å². The largest absolute Gasteiger partial charge is 0.461 e. The summed E-state index contributed by atoms with van der Waals surface area (Å²) in [6.07, 6.45) is 1.58. The Balaban J connectivity index is 2.35. The van der Waals surface area contributed by atoms with E-state index in [0.717, 1.165) is 18.2 Å². The molecule has 0 radical (unpaired) electrons. The van der Waals surface area contributed by atoms with Crippen molar-refractivity contribution in [3.63, 3.8) is 0 Å². The fraction of sp³-hybridized carbons (Fsp3) is 0.214. The number of rotatable bonds is 5. The average Bonchev–Trinajstić information content (AvgIpc) is 2.87. The van der Waals surface area contributed by atoms with Crippen LogP contribution in [0.25, 0.3) is 0 Å². The van der Waals surface area contributed by atoms with Crippen molar-refractivity contribution in [1.29, 1.82) is 0 Å². The van der Waals surface area contributed by atoms with Crippen molar-refractivity contribution in [2.24, 2.45) is 0 Å². The lowest BCUT2D eigenvalue weighted by Gasteiger charge is -2.09. The topological polar surface area (TPSA) is 74.4 Å². The minimum atomic E-state index is -0.581. The second-order valence-corrected chi connectivity index (χ2v) is 4.27. The number of nitrogens with zero attached hydrogens (tertiary/aromatic N) is 2. The summed E-state index contributed by atoms with van der Waals surface area (Å²) in [6.45, 7) is 1.92. The summed E-state index contributed by atoms with van der Waals surface area (Å²) in [7, 11) is 0. The van der Waals surface area contributed by atoms with Crippen LogP contribution in [0.15, 0.2) is 36.5 Å². The molecule has 1 heterocycles. The van der Waals surface area contributed by atoms with Crippen molar-refractivity contribution in [2.45, 2.75) is 13.5 Å². The molecule has 0 aliphatic heterocycles. The summed E-state index contributed by atoms with van der Waals surface area (Å²) in [6, 6.07) is 6.40. The quantitative estimate of drug-likeness (QED) is 0.482. The number of hydrogen-bond donors (Lipinski definition) is 0. The Labute approximate surface area is 119 Å². The van der Waals surface area contributed by atoms with Gasteiger partial charge >= 0.3 is 5.97 Å². The van der Waals surface area contributed by atoms with Gasteiger partial charge in [-0.2, -0.15) is 0 Å². The molecule has 110 valence electrons. The Morgan fingerprint density at radius 2 is 2.19 bits per heavy atom. The molecule has 0 atom stereocenters. The molecule has 2 rings (SSSR count). The number of nitro benzene ring substituents is 1. The minimum Gasteiger partial charge on any atom is -0.461 e. The van der Waals surface area contributed by atoms with Gasteiger partial charge in [-0.15, -0.1) is 0 Å². The minimum absolute atomic E-state index is 0.00915. The molecular weight excluding hydrogens is 279 g/mol. The summed E-state index contributed by atoms with van der Waals surface area (Å²) in [4.78, 5) is 22.1. The molecule has 7 heteroatoms. The van der Waals surface area contributed by atoms with E-state index < -0.39 is 16.7 Å². The molecule has 1 aromatic carbocycles. The molecule has 0 N–H and O–H groups in total. The number of hydrogen-bond acceptors (Lipinski definition) is 4. The van der Waals surface area contributed by atoms with Gasteiger partial charge in [-0.25, -0.2) is 9.18 Å². The third-order valence-corrected chi connectivity index (χ3v) is 2.89. The van der Waals surface area contributed by atoms with Gasteiger partial charge in [0.2, 0.25) is 0 Å². The summed E-state index contributed by atoms with van der Waals surface area (Å²) in [5.41, 5.74) is 0.247. The highest BCUT2D eigenvalue weighted by Crippen LogP contribution is 2.21. The maximum Gasteiger partial charge on any atom is 0.354 e. The van der Waals surface area contributed by atoms with Crippen LogP contribution in [0.5, 0.6) is 0 Å². The Hall–Kier alpha value is -2.70. The zero-order valence-corrected chi connectivity index (χ0v) is 11.3. The van der Waals surface area contributed by atoms with E-state index in [9.17, 15) is 19.3 Å². The first kappa shape index (κ1) is 14.7. The van der Waals surface area contributed by atoms with Crippen molar-refractivity contribution in [3.05, 3.63) is 63.7 Å². The average molecular weight is 292 g/mol.